The number of benzene rings is 2. The Morgan fingerprint density at radius 3 is 2.39 bits per heavy atom. The number of likely N-dealkylation sites (N-methyl/N-ethyl adjacent to an activating group) is 1. The summed E-state index contributed by atoms with van der Waals surface area (Å²) in [6.07, 6.45) is 6.07. The summed E-state index contributed by atoms with van der Waals surface area (Å²) in [6, 6.07) is 11.6. The van der Waals surface area contributed by atoms with Crippen LogP contribution in [0, 0.1) is 6.92 Å². The van der Waals surface area contributed by atoms with Gasteiger partial charge in [-0.25, -0.2) is 13.4 Å². The van der Waals surface area contributed by atoms with Crippen LogP contribution in [0.1, 0.15) is 70.4 Å². The zero-order valence-corrected chi connectivity index (χ0v) is 28.5. The summed E-state index contributed by atoms with van der Waals surface area (Å²) in [5.74, 6) is 1.83. The molecule has 4 rings (SSSR count). The normalized spacial score (nSPS) is 17.3. The van der Waals surface area contributed by atoms with Crippen LogP contribution in [-0.2, 0) is 9.84 Å². The number of anilines is 4. The molecule has 1 aromatic heterocycles. The first-order chi connectivity index (χ1) is 20.8. The van der Waals surface area contributed by atoms with E-state index in [1.807, 2.05) is 13.8 Å². The predicted molar refractivity (Wildman–Crippen MR) is 181 cm³/mol. The van der Waals surface area contributed by atoms with Crippen LogP contribution in [-0.4, -0.2) is 67.9 Å². The molecule has 3 N–H and O–H groups in total. The molecule has 1 heterocycles. The van der Waals surface area contributed by atoms with Crippen LogP contribution in [0.5, 0.6) is 5.75 Å². The van der Waals surface area contributed by atoms with E-state index in [0.717, 1.165) is 50.2 Å². The van der Waals surface area contributed by atoms with Crippen molar-refractivity contribution in [1.82, 2.24) is 20.2 Å². The van der Waals surface area contributed by atoms with E-state index in [2.05, 4.69) is 64.0 Å². The lowest BCUT2D eigenvalue weighted by Crippen LogP contribution is -2.37. The fraction of sp³-hybridized carbons (Fsp3) is 0.515. The largest absolute Gasteiger partial charge is 0.489 e. The molecular weight excluding hydrogens is 596 g/mol. The van der Waals surface area contributed by atoms with E-state index in [1.54, 1.807) is 38.1 Å². The summed E-state index contributed by atoms with van der Waals surface area (Å²) in [6.45, 7) is 11.5. The van der Waals surface area contributed by atoms with Crippen molar-refractivity contribution in [3.8, 4) is 5.75 Å². The van der Waals surface area contributed by atoms with Gasteiger partial charge < -0.3 is 25.6 Å². The van der Waals surface area contributed by atoms with E-state index in [9.17, 15) is 8.42 Å². The molecule has 0 bridgehead atoms. The molecule has 1 aliphatic rings. The summed E-state index contributed by atoms with van der Waals surface area (Å²) in [5, 5.41) is 9.86. The van der Waals surface area contributed by atoms with Crippen molar-refractivity contribution in [3.05, 3.63) is 58.7 Å². The molecular formula is C33H47ClN6O3S. The molecule has 11 heteroatoms. The number of aromatic nitrogens is 2. The van der Waals surface area contributed by atoms with E-state index >= 15 is 0 Å². The number of aryl methyl sites for hydroxylation is 1. The van der Waals surface area contributed by atoms with Gasteiger partial charge in [-0.05, 0) is 116 Å². The Balaban J connectivity index is 1.55. The van der Waals surface area contributed by atoms with E-state index in [1.165, 1.54) is 17.3 Å². The number of halogens is 1. The minimum absolute atomic E-state index is 0.0227. The summed E-state index contributed by atoms with van der Waals surface area (Å²) in [4.78, 5) is 11.4. The lowest BCUT2D eigenvalue weighted by atomic mass is 9.80. The second-order valence-electron chi connectivity index (χ2n) is 12.4. The van der Waals surface area contributed by atoms with Gasteiger partial charge >= 0.3 is 0 Å². The van der Waals surface area contributed by atoms with Gasteiger partial charge in [-0.2, -0.15) is 4.98 Å². The molecule has 1 fully saturated rings. The number of ether oxygens (including phenoxy) is 1. The standard InChI is InChI=1S/C33H47ClN6O3S/c1-21(2)43-30-19-26(24-12-14-25(15-13-24)35-16-17-40(6)7)23(5)18-29(30)38-33-36-20-27(34)32(39-33)37-28-10-8-9-11-31(28)44(41,42)22(3)4/h8-11,18-22,24-25,35H,12-17H2,1-7H3,(H2,36,37,38,39). The number of nitrogens with one attached hydrogen (secondary N) is 3. The first-order valence-corrected chi connectivity index (χ1v) is 17.4. The maximum absolute atomic E-state index is 13.0. The van der Waals surface area contributed by atoms with Gasteiger partial charge in [-0.15, -0.1) is 0 Å². The maximum Gasteiger partial charge on any atom is 0.229 e. The lowest BCUT2D eigenvalue weighted by Gasteiger charge is -2.31. The van der Waals surface area contributed by atoms with Crippen molar-refractivity contribution >= 4 is 44.6 Å². The molecule has 2 aromatic carbocycles. The third kappa shape index (κ3) is 8.62. The fourth-order valence-corrected chi connectivity index (χ4v) is 6.87. The van der Waals surface area contributed by atoms with Crippen LogP contribution in [0.15, 0.2) is 47.5 Å². The number of rotatable bonds is 13. The van der Waals surface area contributed by atoms with Crippen LogP contribution < -0.4 is 20.7 Å². The van der Waals surface area contributed by atoms with E-state index in [4.69, 9.17) is 16.3 Å². The van der Waals surface area contributed by atoms with Gasteiger partial charge in [-0.1, -0.05) is 23.7 Å². The number of sulfone groups is 1. The molecule has 0 atom stereocenters. The van der Waals surface area contributed by atoms with Gasteiger partial charge in [0.25, 0.3) is 0 Å². The molecule has 3 aromatic rings. The number of hydrogen-bond donors (Lipinski definition) is 3. The molecule has 9 nitrogen and oxygen atoms in total. The average molecular weight is 643 g/mol. The van der Waals surface area contributed by atoms with Crippen molar-refractivity contribution < 1.29 is 13.2 Å². The van der Waals surface area contributed by atoms with Crippen molar-refractivity contribution in [3.63, 3.8) is 0 Å². The Kier molecular flexibility index (Phi) is 11.5. The quantitative estimate of drug-likeness (QED) is 0.180. The Hall–Kier alpha value is -2.92. The molecule has 1 aliphatic carbocycles. The molecule has 1 saturated carbocycles. The summed E-state index contributed by atoms with van der Waals surface area (Å²) < 4.78 is 32.2. The average Bonchev–Trinajstić information content (AvgIpc) is 2.96. The van der Waals surface area contributed by atoms with Gasteiger partial charge in [-0.3, -0.25) is 0 Å². The van der Waals surface area contributed by atoms with Crippen molar-refractivity contribution in [2.24, 2.45) is 0 Å². The zero-order valence-electron chi connectivity index (χ0n) is 26.9. The fourth-order valence-electron chi connectivity index (χ4n) is 5.53. The minimum atomic E-state index is -3.53. The van der Waals surface area contributed by atoms with Gasteiger partial charge in [0.05, 0.1) is 33.8 Å². The maximum atomic E-state index is 13.0. The van der Waals surface area contributed by atoms with Crippen LogP contribution >= 0.6 is 11.6 Å². The SMILES string of the molecule is Cc1cc(Nc2ncc(Cl)c(Nc3ccccc3S(=O)(=O)C(C)C)n2)c(OC(C)C)cc1C1CCC(NCCN(C)C)CC1. The van der Waals surface area contributed by atoms with Gasteiger partial charge in [0, 0.05) is 19.1 Å². The van der Waals surface area contributed by atoms with Crippen molar-refractivity contribution in [2.75, 3.05) is 37.8 Å². The van der Waals surface area contributed by atoms with Crippen molar-refractivity contribution in [2.45, 2.75) is 88.5 Å². The highest BCUT2D eigenvalue weighted by molar-refractivity contribution is 7.92. The van der Waals surface area contributed by atoms with Gasteiger partial charge in [0.1, 0.15) is 10.8 Å². The van der Waals surface area contributed by atoms with E-state index in [-0.39, 0.29) is 16.0 Å². The van der Waals surface area contributed by atoms with E-state index in [0.29, 0.717) is 29.4 Å². The van der Waals surface area contributed by atoms with E-state index < -0.39 is 15.1 Å². The second kappa shape index (κ2) is 14.9. The number of para-hydroxylation sites is 1. The molecule has 240 valence electrons. The molecule has 0 radical (unpaired) electrons. The molecule has 0 unspecified atom stereocenters. The topological polar surface area (TPSA) is 108 Å². The molecule has 44 heavy (non-hydrogen) atoms. The van der Waals surface area contributed by atoms with Crippen LogP contribution in [0.25, 0.3) is 0 Å². The number of nitrogens with zero attached hydrogens (tertiary/aromatic N) is 3. The van der Waals surface area contributed by atoms with Crippen LogP contribution in [0.3, 0.4) is 0 Å². The Morgan fingerprint density at radius 1 is 1.02 bits per heavy atom. The third-order valence-electron chi connectivity index (χ3n) is 7.95. The van der Waals surface area contributed by atoms with Crippen LogP contribution in [0.4, 0.5) is 23.1 Å². The van der Waals surface area contributed by atoms with Gasteiger partial charge in [0.15, 0.2) is 15.7 Å². The lowest BCUT2D eigenvalue weighted by molar-refractivity contribution is 0.243. The smallest absolute Gasteiger partial charge is 0.229 e. The molecule has 0 saturated heterocycles. The molecule has 0 spiro atoms. The molecule has 0 aliphatic heterocycles. The summed E-state index contributed by atoms with van der Waals surface area (Å²) in [7, 11) is 0.679. The predicted octanol–water partition coefficient (Wildman–Crippen LogP) is 7.07. The highest BCUT2D eigenvalue weighted by Gasteiger charge is 2.26. The first-order valence-electron chi connectivity index (χ1n) is 15.4. The monoisotopic (exact) mass is 642 g/mol. The minimum Gasteiger partial charge on any atom is -0.489 e. The zero-order chi connectivity index (χ0) is 32.0. The van der Waals surface area contributed by atoms with Gasteiger partial charge in [0.2, 0.25) is 5.95 Å². The summed E-state index contributed by atoms with van der Waals surface area (Å²) in [5.41, 5.74) is 3.67. The Labute approximate surface area is 268 Å². The third-order valence-corrected chi connectivity index (χ3v) is 10.4. The summed E-state index contributed by atoms with van der Waals surface area (Å²) >= 11 is 6.47. The Morgan fingerprint density at radius 2 is 1.73 bits per heavy atom. The molecule has 0 amide bonds. The van der Waals surface area contributed by atoms with Crippen LogP contribution in [0.2, 0.25) is 5.02 Å². The Bertz CT molecular complexity index is 1520. The highest BCUT2D eigenvalue weighted by atomic mass is 35.5. The number of hydrogen-bond acceptors (Lipinski definition) is 9. The van der Waals surface area contributed by atoms with Crippen molar-refractivity contribution in [1.29, 1.82) is 0 Å². The first kappa shape index (κ1) is 34.0. The second-order valence-corrected chi connectivity index (χ2v) is 15.3. The highest BCUT2D eigenvalue weighted by Crippen LogP contribution is 2.40.